The van der Waals surface area contributed by atoms with Gasteiger partial charge in [0.25, 0.3) is 0 Å². The summed E-state index contributed by atoms with van der Waals surface area (Å²) in [7, 11) is 0. The van der Waals surface area contributed by atoms with E-state index in [0.717, 1.165) is 30.7 Å². The largest absolute Gasteiger partial charge is 0.388 e. The Labute approximate surface area is 90.1 Å². The van der Waals surface area contributed by atoms with Gasteiger partial charge in [-0.15, -0.1) is 0 Å². The summed E-state index contributed by atoms with van der Waals surface area (Å²) in [6.45, 7) is 3.42. The summed E-state index contributed by atoms with van der Waals surface area (Å²) >= 11 is 0. The Hall–Kier alpha value is -0.930. The molecule has 2 rings (SSSR count). The van der Waals surface area contributed by atoms with Crippen LogP contribution in [0.25, 0.3) is 0 Å². The third kappa shape index (κ3) is 2.36. The SMILES string of the molecule is Cc1ncccc1C(O)C1CCCOC1. The number of aromatic nitrogens is 1. The lowest BCUT2D eigenvalue weighted by atomic mass is 9.90. The maximum Gasteiger partial charge on any atom is 0.0857 e. The molecule has 3 nitrogen and oxygen atoms in total. The van der Waals surface area contributed by atoms with Gasteiger partial charge in [-0.05, 0) is 25.8 Å². The molecule has 0 amide bonds. The highest BCUT2D eigenvalue weighted by molar-refractivity contribution is 5.21. The minimum Gasteiger partial charge on any atom is -0.388 e. The molecule has 1 aliphatic rings. The monoisotopic (exact) mass is 207 g/mol. The highest BCUT2D eigenvalue weighted by Crippen LogP contribution is 2.29. The molecule has 1 aromatic heterocycles. The number of rotatable bonds is 2. The van der Waals surface area contributed by atoms with Crippen molar-refractivity contribution in [1.82, 2.24) is 4.98 Å². The third-order valence-corrected chi connectivity index (χ3v) is 3.01. The van der Waals surface area contributed by atoms with E-state index in [1.165, 1.54) is 0 Å². The van der Waals surface area contributed by atoms with Crippen molar-refractivity contribution in [3.05, 3.63) is 29.6 Å². The Morgan fingerprint density at radius 2 is 2.47 bits per heavy atom. The molecule has 0 radical (unpaired) electrons. The van der Waals surface area contributed by atoms with Crippen LogP contribution < -0.4 is 0 Å². The molecular weight excluding hydrogens is 190 g/mol. The van der Waals surface area contributed by atoms with E-state index in [-0.39, 0.29) is 5.92 Å². The van der Waals surface area contributed by atoms with Gasteiger partial charge in [-0.2, -0.15) is 0 Å². The second-order valence-corrected chi connectivity index (χ2v) is 4.10. The van der Waals surface area contributed by atoms with Gasteiger partial charge in [-0.1, -0.05) is 6.07 Å². The number of hydrogen-bond acceptors (Lipinski definition) is 3. The van der Waals surface area contributed by atoms with E-state index >= 15 is 0 Å². The Kier molecular flexibility index (Phi) is 3.34. The number of hydrogen-bond donors (Lipinski definition) is 1. The van der Waals surface area contributed by atoms with Gasteiger partial charge in [-0.25, -0.2) is 0 Å². The Balaban J connectivity index is 2.12. The van der Waals surface area contributed by atoms with Crippen molar-refractivity contribution < 1.29 is 9.84 Å². The van der Waals surface area contributed by atoms with Crippen molar-refractivity contribution in [2.45, 2.75) is 25.9 Å². The molecule has 82 valence electrons. The van der Waals surface area contributed by atoms with Crippen LogP contribution in [0.2, 0.25) is 0 Å². The van der Waals surface area contributed by atoms with Gasteiger partial charge in [0.1, 0.15) is 0 Å². The summed E-state index contributed by atoms with van der Waals surface area (Å²) in [5.41, 5.74) is 1.85. The molecule has 1 fully saturated rings. The smallest absolute Gasteiger partial charge is 0.0857 e. The maximum absolute atomic E-state index is 10.2. The number of aryl methyl sites for hydroxylation is 1. The molecule has 1 aromatic rings. The normalized spacial score (nSPS) is 23.7. The summed E-state index contributed by atoms with van der Waals surface area (Å²) in [6, 6.07) is 3.82. The van der Waals surface area contributed by atoms with Gasteiger partial charge in [0, 0.05) is 30.0 Å². The molecule has 1 aliphatic heterocycles. The van der Waals surface area contributed by atoms with E-state index in [1.807, 2.05) is 19.1 Å². The van der Waals surface area contributed by atoms with Gasteiger partial charge in [0.2, 0.25) is 0 Å². The molecule has 2 atom stereocenters. The molecule has 3 heteroatoms. The fraction of sp³-hybridized carbons (Fsp3) is 0.583. The molecule has 0 bridgehead atoms. The standard InChI is InChI=1S/C12H17NO2/c1-9-11(5-2-6-13-9)12(14)10-4-3-7-15-8-10/h2,5-6,10,12,14H,3-4,7-8H2,1H3. The van der Waals surface area contributed by atoms with Crippen LogP contribution in [-0.4, -0.2) is 23.3 Å². The number of pyridine rings is 1. The zero-order valence-electron chi connectivity index (χ0n) is 9.02. The van der Waals surface area contributed by atoms with Crippen molar-refractivity contribution in [2.24, 2.45) is 5.92 Å². The number of aliphatic hydroxyl groups is 1. The Morgan fingerprint density at radius 1 is 1.60 bits per heavy atom. The number of nitrogens with zero attached hydrogens (tertiary/aromatic N) is 1. The average Bonchev–Trinajstić information content (AvgIpc) is 2.30. The first-order valence-electron chi connectivity index (χ1n) is 5.46. The first kappa shape index (κ1) is 10.6. The fourth-order valence-electron chi connectivity index (χ4n) is 2.08. The van der Waals surface area contributed by atoms with E-state index in [9.17, 15) is 5.11 Å². The van der Waals surface area contributed by atoms with Crippen LogP contribution in [0.5, 0.6) is 0 Å². The highest BCUT2D eigenvalue weighted by atomic mass is 16.5. The van der Waals surface area contributed by atoms with Crippen LogP contribution >= 0.6 is 0 Å². The van der Waals surface area contributed by atoms with E-state index in [2.05, 4.69) is 4.98 Å². The first-order chi connectivity index (χ1) is 7.29. The minimum atomic E-state index is -0.431. The molecule has 0 spiro atoms. The van der Waals surface area contributed by atoms with Crippen molar-refractivity contribution >= 4 is 0 Å². The van der Waals surface area contributed by atoms with E-state index in [1.54, 1.807) is 6.20 Å². The Bertz CT molecular complexity index is 321. The molecule has 2 unspecified atom stereocenters. The highest BCUT2D eigenvalue weighted by Gasteiger charge is 2.24. The van der Waals surface area contributed by atoms with Crippen molar-refractivity contribution in [1.29, 1.82) is 0 Å². The summed E-state index contributed by atoms with van der Waals surface area (Å²) in [4.78, 5) is 4.19. The van der Waals surface area contributed by atoms with E-state index < -0.39 is 6.10 Å². The summed E-state index contributed by atoms with van der Waals surface area (Å²) < 4.78 is 5.38. The van der Waals surface area contributed by atoms with Crippen LogP contribution in [0.15, 0.2) is 18.3 Å². The first-order valence-corrected chi connectivity index (χ1v) is 5.46. The zero-order valence-corrected chi connectivity index (χ0v) is 9.02. The molecule has 1 saturated heterocycles. The maximum atomic E-state index is 10.2. The molecule has 2 heterocycles. The topological polar surface area (TPSA) is 42.4 Å². The molecule has 1 N–H and O–H groups in total. The second kappa shape index (κ2) is 4.73. The predicted molar refractivity (Wildman–Crippen MR) is 57.5 cm³/mol. The third-order valence-electron chi connectivity index (χ3n) is 3.01. The predicted octanol–water partition coefficient (Wildman–Crippen LogP) is 1.85. The molecule has 15 heavy (non-hydrogen) atoms. The lowest BCUT2D eigenvalue weighted by molar-refractivity contribution is -0.0103. The van der Waals surface area contributed by atoms with Crippen molar-refractivity contribution in [2.75, 3.05) is 13.2 Å². The van der Waals surface area contributed by atoms with Crippen LogP contribution in [-0.2, 0) is 4.74 Å². The number of ether oxygens (including phenoxy) is 1. The summed E-state index contributed by atoms with van der Waals surface area (Å²) in [6.07, 6.45) is 3.40. The summed E-state index contributed by atoms with van der Waals surface area (Å²) in [5, 5.41) is 10.2. The van der Waals surface area contributed by atoms with Gasteiger partial charge in [0.05, 0.1) is 12.7 Å². The van der Waals surface area contributed by atoms with Crippen LogP contribution in [0, 0.1) is 12.8 Å². The average molecular weight is 207 g/mol. The van der Waals surface area contributed by atoms with Gasteiger partial charge >= 0.3 is 0 Å². The minimum absolute atomic E-state index is 0.224. The molecule has 0 aromatic carbocycles. The van der Waals surface area contributed by atoms with Crippen LogP contribution in [0.3, 0.4) is 0 Å². The van der Waals surface area contributed by atoms with Crippen molar-refractivity contribution in [3.8, 4) is 0 Å². The molecule has 0 saturated carbocycles. The van der Waals surface area contributed by atoms with Gasteiger partial charge in [-0.3, -0.25) is 4.98 Å². The van der Waals surface area contributed by atoms with E-state index in [0.29, 0.717) is 6.61 Å². The van der Waals surface area contributed by atoms with Crippen LogP contribution in [0.4, 0.5) is 0 Å². The van der Waals surface area contributed by atoms with Crippen LogP contribution in [0.1, 0.15) is 30.2 Å². The van der Waals surface area contributed by atoms with Gasteiger partial charge in [0.15, 0.2) is 0 Å². The quantitative estimate of drug-likeness (QED) is 0.804. The zero-order chi connectivity index (χ0) is 10.7. The van der Waals surface area contributed by atoms with E-state index in [4.69, 9.17) is 4.74 Å². The lowest BCUT2D eigenvalue weighted by Gasteiger charge is -2.27. The van der Waals surface area contributed by atoms with Gasteiger partial charge < -0.3 is 9.84 Å². The second-order valence-electron chi connectivity index (χ2n) is 4.10. The number of aliphatic hydroxyl groups excluding tert-OH is 1. The molecular formula is C12H17NO2. The fourth-order valence-corrected chi connectivity index (χ4v) is 2.08. The Morgan fingerprint density at radius 3 is 3.13 bits per heavy atom. The summed E-state index contributed by atoms with van der Waals surface area (Å²) in [5.74, 6) is 0.224. The molecule has 0 aliphatic carbocycles. The van der Waals surface area contributed by atoms with Crippen molar-refractivity contribution in [3.63, 3.8) is 0 Å². The lowest BCUT2D eigenvalue weighted by Crippen LogP contribution is -2.24.